The highest BCUT2D eigenvalue weighted by Gasteiger charge is 2.14. The standard InChI is InChI=1S/C17H17BrClNO3/c1-3-8-23-16-7-4-11(19)9-15(16)20-17(21)13-10-12(22-2)5-6-14(13)18/h4-7,9-10H,3,8H2,1-2H3,(H,20,21). The van der Waals surface area contributed by atoms with Gasteiger partial charge in [0.25, 0.3) is 5.91 Å². The van der Waals surface area contributed by atoms with Gasteiger partial charge in [-0.2, -0.15) is 0 Å². The number of halogens is 2. The Morgan fingerprint density at radius 3 is 2.74 bits per heavy atom. The average molecular weight is 399 g/mol. The molecule has 4 nitrogen and oxygen atoms in total. The Labute approximate surface area is 148 Å². The molecule has 0 unspecified atom stereocenters. The number of hydrogen-bond donors (Lipinski definition) is 1. The molecule has 0 spiro atoms. The quantitative estimate of drug-likeness (QED) is 0.732. The summed E-state index contributed by atoms with van der Waals surface area (Å²) in [7, 11) is 1.55. The van der Waals surface area contributed by atoms with Crippen molar-refractivity contribution in [2.45, 2.75) is 13.3 Å². The van der Waals surface area contributed by atoms with Crippen LogP contribution in [0, 0.1) is 0 Å². The molecule has 1 N–H and O–H groups in total. The second kappa shape index (κ2) is 8.22. The van der Waals surface area contributed by atoms with Crippen molar-refractivity contribution in [3.8, 4) is 11.5 Å². The van der Waals surface area contributed by atoms with Crippen LogP contribution in [0.15, 0.2) is 40.9 Å². The minimum atomic E-state index is -0.278. The van der Waals surface area contributed by atoms with Crippen molar-refractivity contribution in [1.29, 1.82) is 0 Å². The molecule has 0 atom stereocenters. The molecule has 1 amide bonds. The highest BCUT2D eigenvalue weighted by molar-refractivity contribution is 9.10. The molecule has 0 aliphatic heterocycles. The van der Waals surface area contributed by atoms with E-state index in [1.807, 2.05) is 6.92 Å². The number of nitrogens with one attached hydrogen (secondary N) is 1. The van der Waals surface area contributed by atoms with Gasteiger partial charge in [0.05, 0.1) is 25.0 Å². The Morgan fingerprint density at radius 2 is 2.04 bits per heavy atom. The van der Waals surface area contributed by atoms with Gasteiger partial charge < -0.3 is 14.8 Å². The van der Waals surface area contributed by atoms with Gasteiger partial charge in [0, 0.05) is 9.50 Å². The summed E-state index contributed by atoms with van der Waals surface area (Å²) in [5.74, 6) is 0.912. The molecule has 0 radical (unpaired) electrons. The third-order valence-electron chi connectivity index (χ3n) is 3.07. The number of hydrogen-bond acceptors (Lipinski definition) is 3. The summed E-state index contributed by atoms with van der Waals surface area (Å²) < 4.78 is 11.5. The lowest BCUT2D eigenvalue weighted by Gasteiger charge is -2.13. The zero-order chi connectivity index (χ0) is 16.8. The van der Waals surface area contributed by atoms with Crippen molar-refractivity contribution in [3.05, 3.63) is 51.5 Å². The van der Waals surface area contributed by atoms with E-state index in [1.165, 1.54) is 0 Å². The topological polar surface area (TPSA) is 47.6 Å². The first-order chi connectivity index (χ1) is 11.0. The molecule has 23 heavy (non-hydrogen) atoms. The normalized spacial score (nSPS) is 10.3. The van der Waals surface area contributed by atoms with Crippen molar-refractivity contribution in [2.24, 2.45) is 0 Å². The van der Waals surface area contributed by atoms with Crippen LogP contribution in [0.25, 0.3) is 0 Å². The van der Waals surface area contributed by atoms with E-state index in [9.17, 15) is 4.79 Å². The van der Waals surface area contributed by atoms with Crippen LogP contribution in [0.2, 0.25) is 5.02 Å². The Bertz CT molecular complexity index is 706. The number of methoxy groups -OCH3 is 1. The SMILES string of the molecule is CCCOc1ccc(Cl)cc1NC(=O)c1cc(OC)ccc1Br. The van der Waals surface area contributed by atoms with E-state index in [-0.39, 0.29) is 5.91 Å². The monoisotopic (exact) mass is 397 g/mol. The smallest absolute Gasteiger partial charge is 0.257 e. The van der Waals surface area contributed by atoms with Gasteiger partial charge in [0.1, 0.15) is 11.5 Å². The average Bonchev–Trinajstić information content (AvgIpc) is 2.54. The van der Waals surface area contributed by atoms with Crippen LogP contribution in [-0.4, -0.2) is 19.6 Å². The fourth-order valence-electron chi connectivity index (χ4n) is 1.93. The van der Waals surface area contributed by atoms with Crippen molar-refractivity contribution < 1.29 is 14.3 Å². The van der Waals surface area contributed by atoms with Crippen LogP contribution in [0.4, 0.5) is 5.69 Å². The van der Waals surface area contributed by atoms with Crippen LogP contribution in [-0.2, 0) is 0 Å². The predicted octanol–water partition coefficient (Wildman–Crippen LogP) is 5.15. The van der Waals surface area contributed by atoms with Crippen LogP contribution >= 0.6 is 27.5 Å². The molecular formula is C17H17BrClNO3. The Kier molecular flexibility index (Phi) is 6.30. The molecule has 0 aliphatic carbocycles. The zero-order valence-electron chi connectivity index (χ0n) is 12.9. The first kappa shape index (κ1) is 17.6. The number of rotatable bonds is 6. The largest absolute Gasteiger partial charge is 0.497 e. The lowest BCUT2D eigenvalue weighted by Crippen LogP contribution is -2.14. The summed E-state index contributed by atoms with van der Waals surface area (Å²) in [6.07, 6.45) is 0.872. The maximum atomic E-state index is 12.5. The number of amides is 1. The Balaban J connectivity index is 2.27. The third kappa shape index (κ3) is 4.62. The van der Waals surface area contributed by atoms with Gasteiger partial charge in [-0.3, -0.25) is 4.79 Å². The van der Waals surface area contributed by atoms with Crippen LogP contribution in [0.1, 0.15) is 23.7 Å². The molecule has 122 valence electrons. The molecule has 2 rings (SSSR count). The van der Waals surface area contributed by atoms with Gasteiger partial charge in [0.15, 0.2) is 0 Å². The molecule has 6 heteroatoms. The summed E-state index contributed by atoms with van der Waals surface area (Å²) >= 11 is 9.40. The summed E-state index contributed by atoms with van der Waals surface area (Å²) in [4.78, 5) is 12.5. The van der Waals surface area contributed by atoms with Crippen LogP contribution in [0.5, 0.6) is 11.5 Å². The van der Waals surface area contributed by atoms with Crippen molar-refractivity contribution in [2.75, 3.05) is 19.0 Å². The van der Waals surface area contributed by atoms with E-state index < -0.39 is 0 Å². The fourth-order valence-corrected chi connectivity index (χ4v) is 2.53. The van der Waals surface area contributed by atoms with E-state index in [1.54, 1.807) is 43.5 Å². The first-order valence-corrected chi connectivity index (χ1v) is 8.29. The molecule has 0 saturated carbocycles. The first-order valence-electron chi connectivity index (χ1n) is 7.12. The number of benzene rings is 2. The van der Waals surface area contributed by atoms with E-state index in [2.05, 4.69) is 21.2 Å². The zero-order valence-corrected chi connectivity index (χ0v) is 15.2. The maximum absolute atomic E-state index is 12.5. The van der Waals surface area contributed by atoms with Gasteiger partial charge in [-0.15, -0.1) is 0 Å². The van der Waals surface area contributed by atoms with Gasteiger partial charge in [-0.05, 0) is 58.7 Å². The van der Waals surface area contributed by atoms with Crippen LogP contribution in [0.3, 0.4) is 0 Å². The van der Waals surface area contributed by atoms with Gasteiger partial charge >= 0.3 is 0 Å². The van der Waals surface area contributed by atoms with E-state index >= 15 is 0 Å². The van der Waals surface area contributed by atoms with Crippen molar-refractivity contribution >= 4 is 39.1 Å². The number of carbonyl (C=O) groups excluding carboxylic acids is 1. The van der Waals surface area contributed by atoms with E-state index in [0.29, 0.717) is 38.9 Å². The van der Waals surface area contributed by atoms with Gasteiger partial charge in [-0.25, -0.2) is 0 Å². The van der Waals surface area contributed by atoms with E-state index in [0.717, 1.165) is 6.42 Å². The van der Waals surface area contributed by atoms with Gasteiger partial charge in [0.2, 0.25) is 0 Å². The lowest BCUT2D eigenvalue weighted by atomic mass is 10.2. The molecule has 0 heterocycles. The molecule has 0 aliphatic rings. The molecule has 0 aromatic heterocycles. The Morgan fingerprint density at radius 1 is 1.26 bits per heavy atom. The maximum Gasteiger partial charge on any atom is 0.257 e. The summed E-state index contributed by atoms with van der Waals surface area (Å²) in [6.45, 7) is 2.58. The highest BCUT2D eigenvalue weighted by Crippen LogP contribution is 2.30. The van der Waals surface area contributed by atoms with Crippen LogP contribution < -0.4 is 14.8 Å². The summed E-state index contributed by atoms with van der Waals surface area (Å²) in [5, 5.41) is 3.36. The molecule has 2 aromatic rings. The predicted molar refractivity (Wildman–Crippen MR) is 95.9 cm³/mol. The number of ether oxygens (including phenoxy) is 2. The Hall–Kier alpha value is -1.72. The van der Waals surface area contributed by atoms with E-state index in [4.69, 9.17) is 21.1 Å². The highest BCUT2D eigenvalue weighted by atomic mass is 79.9. The lowest BCUT2D eigenvalue weighted by molar-refractivity contribution is 0.102. The number of carbonyl (C=O) groups is 1. The second-order valence-corrected chi connectivity index (χ2v) is 6.08. The molecule has 2 aromatic carbocycles. The fraction of sp³-hybridized carbons (Fsp3) is 0.235. The summed E-state index contributed by atoms with van der Waals surface area (Å²) in [5.41, 5.74) is 0.997. The van der Waals surface area contributed by atoms with Gasteiger partial charge in [-0.1, -0.05) is 18.5 Å². The summed E-state index contributed by atoms with van der Waals surface area (Å²) in [6, 6.07) is 10.3. The third-order valence-corrected chi connectivity index (χ3v) is 4.00. The minimum absolute atomic E-state index is 0.278. The molecule has 0 bridgehead atoms. The molecule has 0 fully saturated rings. The second-order valence-electron chi connectivity index (χ2n) is 4.79. The van der Waals surface area contributed by atoms with Crippen molar-refractivity contribution in [1.82, 2.24) is 0 Å². The minimum Gasteiger partial charge on any atom is -0.497 e. The molecule has 0 saturated heterocycles. The molecular weight excluding hydrogens is 382 g/mol. The van der Waals surface area contributed by atoms with Crippen molar-refractivity contribution in [3.63, 3.8) is 0 Å². The number of anilines is 1.